The van der Waals surface area contributed by atoms with E-state index in [1.165, 1.54) is 5.56 Å². The molecule has 2 aromatic rings. The average Bonchev–Trinajstić information content (AvgIpc) is 2.39. The van der Waals surface area contributed by atoms with Crippen molar-refractivity contribution in [2.45, 2.75) is 6.54 Å². The Labute approximate surface area is 123 Å². The van der Waals surface area contributed by atoms with E-state index in [0.29, 0.717) is 10.0 Å². The number of thiocarbonyl (C=S) groups is 1. The van der Waals surface area contributed by atoms with Crippen LogP contribution >= 0.6 is 23.8 Å². The second-order valence-corrected chi connectivity index (χ2v) is 5.24. The number of hydrogen-bond donors (Lipinski definition) is 1. The molecule has 2 rings (SSSR count). The van der Waals surface area contributed by atoms with Gasteiger partial charge in [0.05, 0.1) is 0 Å². The number of benzene rings is 2. The Bertz CT molecular complexity index is 584. The minimum Gasteiger partial charge on any atom is -0.389 e. The van der Waals surface area contributed by atoms with Crippen LogP contribution in [0.5, 0.6) is 0 Å². The SMILES string of the molecule is CN(Cc1ccccc1)c1ccc(Cl)cc1C(N)=S. The van der Waals surface area contributed by atoms with Crippen LogP contribution in [0.2, 0.25) is 5.02 Å². The summed E-state index contributed by atoms with van der Waals surface area (Å²) in [5.74, 6) is 0. The quantitative estimate of drug-likeness (QED) is 0.872. The highest BCUT2D eigenvalue weighted by Crippen LogP contribution is 2.24. The lowest BCUT2D eigenvalue weighted by molar-refractivity contribution is 0.922. The first-order chi connectivity index (χ1) is 9.08. The molecule has 0 aliphatic heterocycles. The van der Waals surface area contributed by atoms with E-state index in [-0.39, 0.29) is 0 Å². The third-order valence-electron chi connectivity index (χ3n) is 2.90. The molecule has 0 bridgehead atoms. The summed E-state index contributed by atoms with van der Waals surface area (Å²) in [4.78, 5) is 2.47. The molecule has 98 valence electrons. The van der Waals surface area contributed by atoms with Crippen LogP contribution in [0.1, 0.15) is 11.1 Å². The molecule has 4 heteroatoms. The maximum atomic E-state index is 5.99. The topological polar surface area (TPSA) is 29.3 Å². The summed E-state index contributed by atoms with van der Waals surface area (Å²) in [5, 5.41) is 0.639. The molecule has 2 N–H and O–H groups in total. The first-order valence-corrected chi connectivity index (χ1v) is 6.71. The maximum absolute atomic E-state index is 5.99. The molecule has 0 radical (unpaired) electrons. The predicted molar refractivity (Wildman–Crippen MR) is 85.9 cm³/mol. The van der Waals surface area contributed by atoms with Crippen LogP contribution in [0, 0.1) is 0 Å². The zero-order chi connectivity index (χ0) is 13.8. The average molecular weight is 291 g/mol. The Morgan fingerprint density at radius 1 is 1.21 bits per heavy atom. The van der Waals surface area contributed by atoms with E-state index in [2.05, 4.69) is 17.0 Å². The summed E-state index contributed by atoms with van der Waals surface area (Å²) < 4.78 is 0. The molecular formula is C15H15ClN2S. The molecule has 2 nitrogen and oxygen atoms in total. The van der Waals surface area contributed by atoms with Gasteiger partial charge in [-0.2, -0.15) is 0 Å². The normalized spacial score (nSPS) is 10.2. The van der Waals surface area contributed by atoms with Gasteiger partial charge in [-0.25, -0.2) is 0 Å². The second kappa shape index (κ2) is 6.04. The highest BCUT2D eigenvalue weighted by molar-refractivity contribution is 7.80. The highest BCUT2D eigenvalue weighted by Gasteiger charge is 2.10. The van der Waals surface area contributed by atoms with E-state index in [4.69, 9.17) is 29.6 Å². The second-order valence-electron chi connectivity index (χ2n) is 4.37. The number of halogens is 1. The van der Waals surface area contributed by atoms with Gasteiger partial charge in [-0.15, -0.1) is 0 Å². The third-order valence-corrected chi connectivity index (χ3v) is 3.35. The van der Waals surface area contributed by atoms with Gasteiger partial charge in [0.1, 0.15) is 4.99 Å². The smallest absolute Gasteiger partial charge is 0.106 e. The maximum Gasteiger partial charge on any atom is 0.106 e. The van der Waals surface area contributed by atoms with E-state index < -0.39 is 0 Å². The lowest BCUT2D eigenvalue weighted by atomic mass is 10.1. The summed E-state index contributed by atoms with van der Waals surface area (Å²) in [6.45, 7) is 0.790. The Morgan fingerprint density at radius 2 is 1.89 bits per heavy atom. The fraction of sp³-hybridized carbons (Fsp3) is 0.133. The Kier molecular flexibility index (Phi) is 4.40. The summed E-state index contributed by atoms with van der Waals surface area (Å²) in [6, 6.07) is 15.8. The molecule has 0 spiro atoms. The molecule has 19 heavy (non-hydrogen) atoms. The minimum atomic E-state index is 0.359. The van der Waals surface area contributed by atoms with Crippen LogP contribution < -0.4 is 10.6 Å². The number of rotatable bonds is 4. The van der Waals surface area contributed by atoms with Crippen LogP contribution in [0.15, 0.2) is 48.5 Å². The molecule has 0 unspecified atom stereocenters. The molecule has 0 amide bonds. The van der Waals surface area contributed by atoms with Crippen LogP contribution in [0.3, 0.4) is 0 Å². The zero-order valence-electron chi connectivity index (χ0n) is 10.6. The van der Waals surface area contributed by atoms with Crippen molar-refractivity contribution in [2.75, 3.05) is 11.9 Å². The van der Waals surface area contributed by atoms with Crippen molar-refractivity contribution < 1.29 is 0 Å². The summed E-state index contributed by atoms with van der Waals surface area (Å²) in [7, 11) is 2.01. The van der Waals surface area contributed by atoms with E-state index in [0.717, 1.165) is 17.8 Å². The van der Waals surface area contributed by atoms with Crippen LogP contribution in [-0.4, -0.2) is 12.0 Å². The summed E-state index contributed by atoms with van der Waals surface area (Å²) >= 11 is 11.1. The van der Waals surface area contributed by atoms with E-state index >= 15 is 0 Å². The van der Waals surface area contributed by atoms with Crippen molar-refractivity contribution in [2.24, 2.45) is 5.73 Å². The van der Waals surface area contributed by atoms with Gasteiger partial charge < -0.3 is 10.6 Å². The van der Waals surface area contributed by atoms with Gasteiger partial charge in [-0.05, 0) is 23.8 Å². The van der Waals surface area contributed by atoms with Crippen LogP contribution in [-0.2, 0) is 6.54 Å². The predicted octanol–water partition coefficient (Wildman–Crippen LogP) is 3.61. The van der Waals surface area contributed by atoms with Crippen molar-refractivity contribution in [3.8, 4) is 0 Å². The van der Waals surface area contributed by atoms with Crippen LogP contribution in [0.25, 0.3) is 0 Å². The van der Waals surface area contributed by atoms with Crippen molar-refractivity contribution in [3.63, 3.8) is 0 Å². The lowest BCUT2D eigenvalue weighted by Gasteiger charge is -2.22. The molecule has 2 aromatic carbocycles. The molecular weight excluding hydrogens is 276 g/mol. The molecule has 0 aromatic heterocycles. The van der Waals surface area contributed by atoms with Crippen molar-refractivity contribution in [3.05, 3.63) is 64.7 Å². The van der Waals surface area contributed by atoms with Gasteiger partial charge in [0.25, 0.3) is 0 Å². The molecule has 0 aliphatic carbocycles. The molecule has 0 saturated carbocycles. The van der Waals surface area contributed by atoms with Crippen molar-refractivity contribution in [1.82, 2.24) is 0 Å². The summed E-state index contributed by atoms with van der Waals surface area (Å²) in [5.41, 5.74) is 8.78. The molecule has 0 atom stereocenters. The molecule has 0 fully saturated rings. The molecule has 0 heterocycles. The van der Waals surface area contributed by atoms with E-state index in [1.54, 1.807) is 6.07 Å². The van der Waals surface area contributed by atoms with Gasteiger partial charge in [0.15, 0.2) is 0 Å². The third kappa shape index (κ3) is 3.46. The number of nitrogens with two attached hydrogens (primary N) is 1. The van der Waals surface area contributed by atoms with Gasteiger partial charge in [-0.3, -0.25) is 0 Å². The van der Waals surface area contributed by atoms with Crippen molar-refractivity contribution in [1.29, 1.82) is 0 Å². The first-order valence-electron chi connectivity index (χ1n) is 5.92. The van der Waals surface area contributed by atoms with Gasteiger partial charge in [0, 0.05) is 29.9 Å². The fourth-order valence-corrected chi connectivity index (χ4v) is 2.32. The van der Waals surface area contributed by atoms with Crippen LogP contribution in [0.4, 0.5) is 5.69 Å². The number of hydrogen-bond acceptors (Lipinski definition) is 2. The largest absolute Gasteiger partial charge is 0.389 e. The van der Waals surface area contributed by atoms with Gasteiger partial charge in [0.2, 0.25) is 0 Å². The van der Waals surface area contributed by atoms with Gasteiger partial charge in [-0.1, -0.05) is 54.2 Å². The number of anilines is 1. The lowest BCUT2D eigenvalue weighted by Crippen LogP contribution is -2.21. The first kappa shape index (κ1) is 13.8. The summed E-state index contributed by atoms with van der Waals surface area (Å²) in [6.07, 6.45) is 0. The molecule has 0 saturated heterocycles. The standard InChI is InChI=1S/C15H15ClN2S/c1-18(10-11-5-3-2-4-6-11)14-8-7-12(16)9-13(14)15(17)19/h2-9H,10H2,1H3,(H2,17,19). The van der Waals surface area contributed by atoms with E-state index in [1.807, 2.05) is 37.4 Å². The zero-order valence-corrected chi connectivity index (χ0v) is 12.2. The monoisotopic (exact) mass is 290 g/mol. The Hall–Kier alpha value is -1.58. The van der Waals surface area contributed by atoms with Crippen molar-refractivity contribution >= 4 is 34.5 Å². The van der Waals surface area contributed by atoms with Gasteiger partial charge >= 0.3 is 0 Å². The minimum absolute atomic E-state index is 0.359. The highest BCUT2D eigenvalue weighted by atomic mass is 35.5. The Morgan fingerprint density at radius 3 is 2.53 bits per heavy atom. The molecule has 0 aliphatic rings. The fourth-order valence-electron chi connectivity index (χ4n) is 1.98. The van der Waals surface area contributed by atoms with E-state index in [9.17, 15) is 0 Å². The Balaban J connectivity index is 2.28. The number of nitrogens with zero attached hydrogens (tertiary/aromatic N) is 1.